The van der Waals surface area contributed by atoms with Gasteiger partial charge in [-0.1, -0.05) is 20.8 Å². The number of hydrogen-bond donors (Lipinski definition) is 1. The summed E-state index contributed by atoms with van der Waals surface area (Å²) < 4.78 is 40.3. The highest BCUT2D eigenvalue weighted by Crippen LogP contribution is 2.39. The van der Waals surface area contributed by atoms with Crippen LogP contribution in [0.4, 0.5) is 24.8 Å². The fraction of sp³-hybridized carbons (Fsp3) is 0.609. The van der Waals surface area contributed by atoms with Crippen molar-refractivity contribution in [2.24, 2.45) is 11.3 Å². The summed E-state index contributed by atoms with van der Waals surface area (Å²) in [4.78, 5) is 14.5. The molecule has 0 atom stereocenters. The topological polar surface area (TPSA) is 53.9 Å². The molecule has 31 heavy (non-hydrogen) atoms. The zero-order valence-electron chi connectivity index (χ0n) is 18.3. The highest BCUT2D eigenvalue weighted by Gasteiger charge is 2.37. The molecule has 2 aromatic rings. The fourth-order valence-corrected chi connectivity index (χ4v) is 4.83. The van der Waals surface area contributed by atoms with Gasteiger partial charge in [0.25, 0.3) is 0 Å². The second kappa shape index (κ2) is 8.28. The van der Waals surface area contributed by atoms with Gasteiger partial charge in [-0.2, -0.15) is 13.2 Å². The van der Waals surface area contributed by atoms with Crippen LogP contribution in [0.15, 0.2) is 24.7 Å². The second-order valence-corrected chi connectivity index (χ2v) is 9.75. The van der Waals surface area contributed by atoms with E-state index in [0.29, 0.717) is 31.0 Å². The molecule has 1 aliphatic carbocycles. The van der Waals surface area contributed by atoms with Crippen molar-refractivity contribution in [2.45, 2.75) is 71.6 Å². The Bertz CT molecular complexity index is 914. The monoisotopic (exact) mass is 433 g/mol. The maximum atomic E-state index is 13.4. The first kappa shape index (κ1) is 21.8. The third-order valence-corrected chi connectivity index (χ3v) is 6.69. The number of fused-ring (bicyclic) bond motifs is 1. The lowest BCUT2D eigenvalue weighted by molar-refractivity contribution is -0.137. The molecule has 1 aliphatic heterocycles. The summed E-state index contributed by atoms with van der Waals surface area (Å²) in [5, 5.41) is 3.61. The van der Waals surface area contributed by atoms with Crippen molar-refractivity contribution in [1.82, 2.24) is 15.0 Å². The van der Waals surface area contributed by atoms with Gasteiger partial charge in [-0.05, 0) is 55.6 Å². The maximum absolute atomic E-state index is 13.4. The Morgan fingerprint density at radius 1 is 1.03 bits per heavy atom. The van der Waals surface area contributed by atoms with Gasteiger partial charge >= 0.3 is 6.18 Å². The Balaban J connectivity index is 1.48. The molecule has 3 heterocycles. The number of nitrogens with one attached hydrogen (secondary N) is 1. The van der Waals surface area contributed by atoms with E-state index >= 15 is 0 Å². The van der Waals surface area contributed by atoms with Crippen molar-refractivity contribution in [2.75, 3.05) is 16.8 Å². The van der Waals surface area contributed by atoms with Crippen molar-refractivity contribution >= 4 is 11.6 Å². The van der Waals surface area contributed by atoms with Gasteiger partial charge < -0.3 is 10.2 Å². The predicted octanol–water partition coefficient (Wildman–Crippen LogP) is 5.47. The lowest BCUT2D eigenvalue weighted by Gasteiger charge is -2.38. The number of nitrogens with zero attached hydrogens (tertiary/aromatic N) is 4. The molecular formula is C23H30F3N5. The summed E-state index contributed by atoms with van der Waals surface area (Å²) in [5.74, 6) is 1.54. The second-order valence-electron chi connectivity index (χ2n) is 9.75. The molecule has 1 saturated carbocycles. The molecule has 8 heteroatoms. The lowest BCUT2D eigenvalue weighted by Crippen LogP contribution is -2.35. The number of pyridine rings is 1. The number of alkyl halides is 3. The zero-order chi connectivity index (χ0) is 22.2. The van der Waals surface area contributed by atoms with Crippen LogP contribution in [0.2, 0.25) is 0 Å². The van der Waals surface area contributed by atoms with Gasteiger partial charge in [0, 0.05) is 24.3 Å². The summed E-state index contributed by atoms with van der Waals surface area (Å²) >= 11 is 0. The van der Waals surface area contributed by atoms with Crippen LogP contribution in [-0.2, 0) is 19.1 Å². The zero-order valence-corrected chi connectivity index (χ0v) is 18.3. The minimum absolute atomic E-state index is 0.0331. The van der Waals surface area contributed by atoms with Crippen LogP contribution in [0.3, 0.4) is 0 Å². The summed E-state index contributed by atoms with van der Waals surface area (Å²) in [6, 6.07) is 2.78. The first-order valence-electron chi connectivity index (χ1n) is 11.0. The molecule has 168 valence electrons. The molecule has 5 nitrogen and oxygen atoms in total. The standard InChI is InChI=1S/C23H30F3N5/c1-22(2,3)15-6-8-16(9-7-15)30-20-17-10-12-31(13-19(17)28-14-29-20)21-18(23(24,25)26)5-4-11-27-21/h4-5,11,14-16H,6-10,12-13H2,1-3H3,(H,28,29,30). The highest BCUT2D eigenvalue weighted by atomic mass is 19.4. The summed E-state index contributed by atoms with van der Waals surface area (Å²) in [5.41, 5.74) is 1.41. The van der Waals surface area contributed by atoms with Gasteiger partial charge in [-0.15, -0.1) is 0 Å². The Morgan fingerprint density at radius 2 is 1.77 bits per heavy atom. The van der Waals surface area contributed by atoms with E-state index in [1.165, 1.54) is 31.4 Å². The average molecular weight is 434 g/mol. The molecule has 0 amide bonds. The Morgan fingerprint density at radius 3 is 2.45 bits per heavy atom. The molecule has 1 fully saturated rings. The first-order chi connectivity index (χ1) is 14.6. The smallest absolute Gasteiger partial charge is 0.367 e. The Labute approximate surface area is 181 Å². The third-order valence-electron chi connectivity index (χ3n) is 6.69. The van der Waals surface area contributed by atoms with E-state index in [4.69, 9.17) is 0 Å². The van der Waals surface area contributed by atoms with Crippen molar-refractivity contribution < 1.29 is 13.2 Å². The number of halogens is 3. The summed E-state index contributed by atoms with van der Waals surface area (Å²) in [6.45, 7) is 7.67. The van der Waals surface area contributed by atoms with E-state index in [1.807, 2.05) is 0 Å². The van der Waals surface area contributed by atoms with Crippen LogP contribution >= 0.6 is 0 Å². The van der Waals surface area contributed by atoms with Crippen LogP contribution in [0.1, 0.15) is 63.3 Å². The number of rotatable bonds is 3. The third kappa shape index (κ3) is 4.77. The van der Waals surface area contributed by atoms with Crippen LogP contribution in [-0.4, -0.2) is 27.5 Å². The van der Waals surface area contributed by atoms with Crippen molar-refractivity contribution in [3.8, 4) is 0 Å². The van der Waals surface area contributed by atoms with Gasteiger partial charge in [0.2, 0.25) is 0 Å². The van der Waals surface area contributed by atoms with Gasteiger partial charge in [0.05, 0.1) is 17.8 Å². The van der Waals surface area contributed by atoms with Crippen LogP contribution < -0.4 is 10.2 Å². The Hall–Kier alpha value is -2.38. The van der Waals surface area contributed by atoms with E-state index in [0.717, 1.165) is 41.9 Å². The molecule has 0 bridgehead atoms. The normalized spacial score (nSPS) is 22.2. The molecule has 2 aliphatic rings. The van der Waals surface area contributed by atoms with E-state index in [1.54, 1.807) is 4.90 Å². The minimum Gasteiger partial charge on any atom is -0.367 e. The SMILES string of the molecule is CC(C)(C)C1CCC(Nc2ncnc3c2CCN(c2ncccc2C(F)(F)F)C3)CC1. The number of hydrogen-bond acceptors (Lipinski definition) is 5. The van der Waals surface area contributed by atoms with E-state index in [2.05, 4.69) is 41.0 Å². The van der Waals surface area contributed by atoms with Crippen LogP contribution in [0.25, 0.3) is 0 Å². The summed E-state index contributed by atoms with van der Waals surface area (Å²) in [6.07, 6.45) is 3.67. The molecular weight excluding hydrogens is 403 g/mol. The molecule has 0 spiro atoms. The minimum atomic E-state index is -4.44. The maximum Gasteiger partial charge on any atom is 0.419 e. The van der Waals surface area contributed by atoms with Crippen molar-refractivity contribution in [1.29, 1.82) is 0 Å². The quantitative estimate of drug-likeness (QED) is 0.696. The van der Waals surface area contributed by atoms with Crippen LogP contribution in [0, 0.1) is 11.3 Å². The first-order valence-corrected chi connectivity index (χ1v) is 11.0. The average Bonchev–Trinajstić information content (AvgIpc) is 2.73. The molecule has 0 aromatic carbocycles. The van der Waals surface area contributed by atoms with E-state index in [-0.39, 0.29) is 5.82 Å². The lowest BCUT2D eigenvalue weighted by atomic mass is 9.71. The fourth-order valence-electron chi connectivity index (χ4n) is 4.83. The molecule has 1 N–H and O–H groups in total. The van der Waals surface area contributed by atoms with E-state index in [9.17, 15) is 13.2 Å². The van der Waals surface area contributed by atoms with Crippen molar-refractivity contribution in [3.05, 3.63) is 41.5 Å². The largest absolute Gasteiger partial charge is 0.419 e. The van der Waals surface area contributed by atoms with Gasteiger partial charge in [-0.25, -0.2) is 15.0 Å². The molecule has 2 aromatic heterocycles. The number of aromatic nitrogens is 3. The van der Waals surface area contributed by atoms with Gasteiger partial charge in [-0.3, -0.25) is 0 Å². The molecule has 0 unspecified atom stereocenters. The van der Waals surface area contributed by atoms with Crippen molar-refractivity contribution in [3.63, 3.8) is 0 Å². The predicted molar refractivity (Wildman–Crippen MR) is 115 cm³/mol. The summed E-state index contributed by atoms with van der Waals surface area (Å²) in [7, 11) is 0. The molecule has 0 radical (unpaired) electrons. The van der Waals surface area contributed by atoms with Gasteiger partial charge in [0.1, 0.15) is 18.0 Å². The van der Waals surface area contributed by atoms with Crippen LogP contribution in [0.5, 0.6) is 0 Å². The number of anilines is 2. The highest BCUT2D eigenvalue weighted by molar-refractivity contribution is 5.54. The Kier molecular flexibility index (Phi) is 5.83. The molecule has 4 rings (SSSR count). The van der Waals surface area contributed by atoms with Gasteiger partial charge in [0.15, 0.2) is 0 Å². The van der Waals surface area contributed by atoms with E-state index < -0.39 is 11.7 Å². The molecule has 0 saturated heterocycles.